The number of aryl methyl sites for hydroxylation is 2. The summed E-state index contributed by atoms with van der Waals surface area (Å²) in [6, 6.07) is 9.67. The Bertz CT molecular complexity index is 606. The molecule has 2 aromatic carbocycles. The molecule has 0 N–H and O–H groups in total. The van der Waals surface area contributed by atoms with Gasteiger partial charge in [0.2, 0.25) is 0 Å². The first-order chi connectivity index (χ1) is 9.02. The highest BCUT2D eigenvalue weighted by Gasteiger charge is 2.11. The van der Waals surface area contributed by atoms with Crippen LogP contribution >= 0.6 is 23.2 Å². The maximum Gasteiger partial charge on any atom is 0.133 e. The Kier molecular flexibility index (Phi) is 4.38. The molecule has 0 fully saturated rings. The second kappa shape index (κ2) is 5.85. The molecule has 2 aromatic rings. The molecule has 2 rings (SSSR count). The quantitative estimate of drug-likeness (QED) is 0.650. The fourth-order valence-electron chi connectivity index (χ4n) is 1.93. The minimum Gasteiger partial charge on any atom is -0.456 e. The van der Waals surface area contributed by atoms with Gasteiger partial charge in [-0.05, 0) is 49.6 Å². The Morgan fingerprint density at radius 2 is 1.68 bits per heavy atom. The molecule has 0 amide bonds. The number of ether oxygens (including phenoxy) is 1. The van der Waals surface area contributed by atoms with Crippen molar-refractivity contribution in [1.29, 1.82) is 0 Å². The average molecular weight is 295 g/mol. The third kappa shape index (κ3) is 3.05. The minimum absolute atomic E-state index is 0.399. The molecule has 0 aliphatic carbocycles. The fraction of sp³-hybridized carbons (Fsp3) is 0.250. The largest absolute Gasteiger partial charge is 0.456 e. The van der Waals surface area contributed by atoms with Crippen molar-refractivity contribution < 1.29 is 4.74 Å². The van der Waals surface area contributed by atoms with Gasteiger partial charge in [0.15, 0.2) is 0 Å². The fourth-order valence-corrected chi connectivity index (χ4v) is 2.31. The maximum absolute atomic E-state index is 6.05. The second-order valence-electron chi connectivity index (χ2n) is 4.64. The molecule has 0 heterocycles. The number of benzene rings is 2. The van der Waals surface area contributed by atoms with Crippen molar-refractivity contribution in [2.75, 3.05) is 0 Å². The molecule has 0 radical (unpaired) electrons. The zero-order valence-electron chi connectivity index (χ0n) is 11.3. The smallest absolute Gasteiger partial charge is 0.133 e. The van der Waals surface area contributed by atoms with E-state index in [9.17, 15) is 0 Å². The van der Waals surface area contributed by atoms with E-state index in [0.29, 0.717) is 10.9 Å². The van der Waals surface area contributed by atoms with Crippen molar-refractivity contribution in [2.24, 2.45) is 0 Å². The van der Waals surface area contributed by atoms with Crippen molar-refractivity contribution >= 4 is 23.2 Å². The standard InChI is InChI=1S/C16H16Cl2O/c1-10-4-5-11(2)16(12(10)3)19-15-8-14(18)7-6-13(15)9-17/h4-8H,9H2,1-3H3. The van der Waals surface area contributed by atoms with E-state index in [-0.39, 0.29) is 0 Å². The molecule has 0 unspecified atom stereocenters. The summed E-state index contributed by atoms with van der Waals surface area (Å²) in [5, 5.41) is 0.645. The van der Waals surface area contributed by atoms with E-state index in [2.05, 4.69) is 26.0 Å². The molecule has 0 bridgehead atoms. The molecule has 1 nitrogen and oxygen atoms in total. The van der Waals surface area contributed by atoms with Crippen molar-refractivity contribution in [3.63, 3.8) is 0 Å². The number of hydrogen-bond acceptors (Lipinski definition) is 1. The van der Waals surface area contributed by atoms with Crippen LogP contribution in [0.25, 0.3) is 0 Å². The Morgan fingerprint density at radius 1 is 1.00 bits per heavy atom. The number of halogens is 2. The SMILES string of the molecule is Cc1ccc(C)c(Oc2cc(Cl)ccc2CCl)c1C. The summed E-state index contributed by atoms with van der Waals surface area (Å²) in [4.78, 5) is 0. The Hall–Kier alpha value is -1.18. The summed E-state index contributed by atoms with van der Waals surface area (Å²) >= 11 is 12.0. The van der Waals surface area contributed by atoms with Crippen LogP contribution < -0.4 is 4.74 Å². The van der Waals surface area contributed by atoms with E-state index in [1.165, 1.54) is 5.56 Å². The molecule has 100 valence electrons. The Balaban J connectivity index is 2.47. The van der Waals surface area contributed by atoms with Crippen LogP contribution in [-0.4, -0.2) is 0 Å². The molecule has 3 heteroatoms. The summed E-state index contributed by atoms with van der Waals surface area (Å²) in [7, 11) is 0. The van der Waals surface area contributed by atoms with Crippen LogP contribution in [0.15, 0.2) is 30.3 Å². The monoisotopic (exact) mass is 294 g/mol. The van der Waals surface area contributed by atoms with Gasteiger partial charge in [-0.25, -0.2) is 0 Å². The van der Waals surface area contributed by atoms with Gasteiger partial charge < -0.3 is 4.74 Å². The molecule has 0 aliphatic rings. The average Bonchev–Trinajstić information content (AvgIpc) is 2.39. The first-order valence-corrected chi connectivity index (χ1v) is 7.03. The highest BCUT2D eigenvalue weighted by molar-refractivity contribution is 6.30. The third-order valence-electron chi connectivity index (χ3n) is 3.26. The summed E-state index contributed by atoms with van der Waals surface area (Å²) in [5.41, 5.74) is 4.38. The summed E-state index contributed by atoms with van der Waals surface area (Å²) < 4.78 is 6.05. The van der Waals surface area contributed by atoms with E-state index >= 15 is 0 Å². The molecule has 0 aliphatic heterocycles. The predicted molar refractivity (Wildman–Crippen MR) is 81.7 cm³/mol. The summed E-state index contributed by atoms with van der Waals surface area (Å²) in [6.07, 6.45) is 0. The van der Waals surface area contributed by atoms with Gasteiger partial charge in [0.05, 0.1) is 5.88 Å². The van der Waals surface area contributed by atoms with Crippen LogP contribution in [0.4, 0.5) is 0 Å². The maximum atomic E-state index is 6.05. The molecule has 0 spiro atoms. The molecule has 0 aromatic heterocycles. The zero-order chi connectivity index (χ0) is 14.0. The van der Waals surface area contributed by atoms with E-state index < -0.39 is 0 Å². The van der Waals surface area contributed by atoms with Gasteiger partial charge in [0.1, 0.15) is 11.5 Å². The van der Waals surface area contributed by atoms with Crippen LogP contribution in [0.1, 0.15) is 22.3 Å². The van der Waals surface area contributed by atoms with Crippen LogP contribution in [0, 0.1) is 20.8 Å². The van der Waals surface area contributed by atoms with Gasteiger partial charge in [-0.3, -0.25) is 0 Å². The highest BCUT2D eigenvalue weighted by atomic mass is 35.5. The molecule has 0 atom stereocenters. The topological polar surface area (TPSA) is 9.23 Å². The minimum atomic E-state index is 0.399. The Morgan fingerprint density at radius 3 is 2.37 bits per heavy atom. The van der Waals surface area contributed by atoms with Crippen LogP contribution in [0.5, 0.6) is 11.5 Å². The molecule has 0 saturated carbocycles. The van der Waals surface area contributed by atoms with Gasteiger partial charge in [-0.1, -0.05) is 29.8 Å². The van der Waals surface area contributed by atoms with E-state index in [1.54, 1.807) is 6.07 Å². The number of hydrogen-bond donors (Lipinski definition) is 0. The second-order valence-corrected chi connectivity index (χ2v) is 5.34. The zero-order valence-corrected chi connectivity index (χ0v) is 12.8. The van der Waals surface area contributed by atoms with Gasteiger partial charge >= 0.3 is 0 Å². The van der Waals surface area contributed by atoms with Crippen molar-refractivity contribution in [2.45, 2.75) is 26.7 Å². The lowest BCUT2D eigenvalue weighted by Crippen LogP contribution is -1.96. The normalized spacial score (nSPS) is 10.6. The highest BCUT2D eigenvalue weighted by Crippen LogP contribution is 2.34. The van der Waals surface area contributed by atoms with Gasteiger partial charge in [0, 0.05) is 10.6 Å². The van der Waals surface area contributed by atoms with E-state index in [4.69, 9.17) is 27.9 Å². The van der Waals surface area contributed by atoms with Crippen molar-refractivity contribution in [3.8, 4) is 11.5 Å². The van der Waals surface area contributed by atoms with E-state index in [0.717, 1.165) is 28.2 Å². The lowest BCUT2D eigenvalue weighted by molar-refractivity contribution is 0.470. The predicted octanol–water partition coefficient (Wildman–Crippen LogP) is 5.80. The Labute approximate surface area is 124 Å². The van der Waals surface area contributed by atoms with Crippen molar-refractivity contribution in [3.05, 3.63) is 57.6 Å². The van der Waals surface area contributed by atoms with Crippen LogP contribution in [0.2, 0.25) is 5.02 Å². The number of alkyl halides is 1. The first kappa shape index (κ1) is 14.2. The molecule has 19 heavy (non-hydrogen) atoms. The summed E-state index contributed by atoms with van der Waals surface area (Å²) in [6.45, 7) is 6.16. The molecule has 0 saturated heterocycles. The molecular weight excluding hydrogens is 279 g/mol. The van der Waals surface area contributed by atoms with Gasteiger partial charge in [0.25, 0.3) is 0 Å². The lowest BCUT2D eigenvalue weighted by atomic mass is 10.1. The third-order valence-corrected chi connectivity index (χ3v) is 3.78. The molecular formula is C16H16Cl2O. The number of rotatable bonds is 3. The van der Waals surface area contributed by atoms with Gasteiger partial charge in [-0.15, -0.1) is 11.6 Å². The van der Waals surface area contributed by atoms with Crippen LogP contribution in [-0.2, 0) is 5.88 Å². The summed E-state index contributed by atoms with van der Waals surface area (Å²) in [5.74, 6) is 2.00. The van der Waals surface area contributed by atoms with Crippen LogP contribution in [0.3, 0.4) is 0 Å². The first-order valence-electron chi connectivity index (χ1n) is 6.12. The van der Waals surface area contributed by atoms with Gasteiger partial charge in [-0.2, -0.15) is 0 Å². The lowest BCUT2D eigenvalue weighted by Gasteiger charge is -2.15. The van der Waals surface area contributed by atoms with Crippen molar-refractivity contribution in [1.82, 2.24) is 0 Å². The van der Waals surface area contributed by atoms with E-state index in [1.807, 2.05) is 19.1 Å².